The van der Waals surface area contributed by atoms with Gasteiger partial charge < -0.3 is 10.1 Å². The Bertz CT molecular complexity index is 3160. The maximum Gasteiger partial charge on any atom is 0.159 e. The molecule has 3 heterocycles. The van der Waals surface area contributed by atoms with Crippen molar-refractivity contribution in [2.75, 3.05) is 0 Å². The molecule has 2 aliphatic heterocycles. The lowest BCUT2D eigenvalue weighted by Crippen LogP contribution is -2.34. The van der Waals surface area contributed by atoms with Gasteiger partial charge in [-0.3, -0.25) is 4.98 Å². The number of nitrogens with one attached hydrogen (secondary N) is 1. The van der Waals surface area contributed by atoms with Crippen LogP contribution in [0.15, 0.2) is 216 Å². The minimum atomic E-state index is -0.670. The minimum Gasteiger partial charge on any atom is -0.457 e. The van der Waals surface area contributed by atoms with Crippen molar-refractivity contribution >= 4 is 22.6 Å². The van der Waals surface area contributed by atoms with Gasteiger partial charge in [-0.15, -0.1) is 0 Å². The smallest absolute Gasteiger partial charge is 0.159 e. The number of para-hydroxylation sites is 1. The number of ether oxygens (including phenoxy) is 1. The van der Waals surface area contributed by atoms with Crippen LogP contribution in [0, 0.1) is 0 Å². The third kappa shape index (κ3) is 5.29. The van der Waals surface area contributed by atoms with Crippen molar-refractivity contribution in [2.45, 2.75) is 11.6 Å². The van der Waals surface area contributed by atoms with Gasteiger partial charge in [0.25, 0.3) is 0 Å². The van der Waals surface area contributed by atoms with Crippen LogP contribution in [-0.4, -0.2) is 16.7 Å². The molecule has 0 fully saturated rings. The number of nitrogens with zero attached hydrogens (tertiary/aromatic N) is 3. The van der Waals surface area contributed by atoms with Crippen molar-refractivity contribution in [1.82, 2.24) is 10.3 Å². The van der Waals surface area contributed by atoms with Gasteiger partial charge in [0.05, 0.1) is 10.9 Å². The van der Waals surface area contributed by atoms with Crippen LogP contribution < -0.4 is 10.1 Å². The molecule has 0 bridgehead atoms. The lowest BCUT2D eigenvalue weighted by atomic mass is 9.65. The summed E-state index contributed by atoms with van der Waals surface area (Å²) in [6.07, 6.45) is 1.58. The number of pyridine rings is 1. The maximum absolute atomic E-state index is 6.93. The molecule has 1 aliphatic carbocycles. The van der Waals surface area contributed by atoms with Gasteiger partial charge in [-0.1, -0.05) is 158 Å². The molecule has 9 aromatic rings. The van der Waals surface area contributed by atoms with Gasteiger partial charge >= 0.3 is 0 Å². The van der Waals surface area contributed by atoms with Gasteiger partial charge in [0.15, 0.2) is 5.84 Å². The second-order valence-electron chi connectivity index (χ2n) is 15.6. The zero-order valence-electron chi connectivity index (χ0n) is 32.5. The van der Waals surface area contributed by atoms with Crippen LogP contribution in [0.25, 0.3) is 44.3 Å². The van der Waals surface area contributed by atoms with E-state index in [0.717, 1.165) is 72.7 Å². The number of rotatable bonds is 5. The van der Waals surface area contributed by atoms with Crippen LogP contribution in [0.4, 0.5) is 0 Å². The summed E-state index contributed by atoms with van der Waals surface area (Å²) in [4.78, 5) is 15.1. The predicted octanol–water partition coefficient (Wildman–Crippen LogP) is 12.5. The number of aromatic nitrogens is 1. The number of hydrogen-bond acceptors (Lipinski definition) is 5. The maximum atomic E-state index is 6.93. The van der Waals surface area contributed by atoms with E-state index in [1.54, 1.807) is 0 Å². The van der Waals surface area contributed by atoms with Gasteiger partial charge in [0, 0.05) is 33.8 Å². The van der Waals surface area contributed by atoms with E-state index >= 15 is 0 Å². The number of fused-ring (bicyclic) bond motifs is 10. The normalized spacial score (nSPS) is 15.4. The van der Waals surface area contributed by atoms with Crippen molar-refractivity contribution < 1.29 is 4.74 Å². The summed E-state index contributed by atoms with van der Waals surface area (Å²) < 4.78 is 6.93. The van der Waals surface area contributed by atoms with Crippen LogP contribution in [0.2, 0.25) is 0 Å². The topological polar surface area (TPSA) is 58.9 Å². The fraction of sp³-hybridized carbons (Fsp3) is 0.0364. The SMILES string of the molecule is c1ccc(C2=NC(c3ccc4c(c3)C3(c5cc(-c6ccc(-c7ccnc8ccccc78)cc6)ccc5O4)c4ccccc4-c4ccccc43)=NC(c3ccccc3)N2)cc1. The molecule has 12 rings (SSSR count). The first-order valence-corrected chi connectivity index (χ1v) is 20.4. The molecule has 1 atom stereocenters. The van der Waals surface area contributed by atoms with Crippen LogP contribution in [0.3, 0.4) is 0 Å². The zero-order chi connectivity index (χ0) is 39.6. The van der Waals surface area contributed by atoms with Crippen molar-refractivity contribution in [1.29, 1.82) is 0 Å². The van der Waals surface area contributed by atoms with Gasteiger partial charge in [-0.2, -0.15) is 0 Å². The van der Waals surface area contributed by atoms with Crippen LogP contribution in [-0.2, 0) is 5.41 Å². The zero-order valence-corrected chi connectivity index (χ0v) is 32.5. The van der Waals surface area contributed by atoms with E-state index in [-0.39, 0.29) is 6.17 Å². The van der Waals surface area contributed by atoms with Crippen LogP contribution in [0.1, 0.15) is 45.1 Å². The number of aliphatic imine (C=N–C) groups is 2. The lowest BCUT2D eigenvalue weighted by Gasteiger charge is -2.40. The van der Waals surface area contributed by atoms with Gasteiger partial charge in [0.1, 0.15) is 23.5 Å². The fourth-order valence-electron chi connectivity index (χ4n) is 9.54. The Balaban J connectivity index is 1.04. The highest BCUT2D eigenvalue weighted by atomic mass is 16.5. The van der Waals surface area contributed by atoms with Crippen LogP contribution in [0.5, 0.6) is 11.5 Å². The Morgan fingerprint density at radius 1 is 0.450 bits per heavy atom. The number of hydrogen-bond donors (Lipinski definition) is 1. The van der Waals surface area contributed by atoms with Crippen LogP contribution >= 0.6 is 0 Å². The number of benzene rings is 8. The third-order valence-corrected chi connectivity index (χ3v) is 12.3. The molecule has 0 saturated heterocycles. The minimum absolute atomic E-state index is 0.310. The van der Waals surface area contributed by atoms with Crippen molar-refractivity contribution in [3.05, 3.63) is 245 Å². The summed E-state index contributed by atoms with van der Waals surface area (Å²) >= 11 is 0. The molecule has 1 aromatic heterocycles. The van der Waals surface area contributed by atoms with E-state index in [9.17, 15) is 0 Å². The standard InChI is InChI=1S/C55H36N4O/c1-3-13-37(14-4-1)52-57-53(38-15-5-2-6-16-38)59-54(58-52)40-28-30-51-48(34-40)55(45-20-10-7-17-42(45)43-18-8-11-21-46(43)55)47-33-39(27-29-50(47)60-51)35-23-25-36(26-24-35)41-31-32-56-49-22-12-9-19-44(41)49/h1-34,52H,(H,57,58,59). The van der Waals surface area contributed by atoms with E-state index in [0.29, 0.717) is 5.84 Å². The quantitative estimate of drug-likeness (QED) is 0.190. The molecule has 1 N–H and O–H groups in total. The first-order chi connectivity index (χ1) is 29.7. The molecule has 0 saturated carbocycles. The Kier molecular flexibility index (Phi) is 7.75. The molecule has 0 amide bonds. The van der Waals surface area contributed by atoms with Crippen molar-refractivity contribution in [3.8, 4) is 44.9 Å². The monoisotopic (exact) mass is 768 g/mol. The number of amidine groups is 2. The molecule has 5 heteroatoms. The molecule has 5 nitrogen and oxygen atoms in total. The lowest BCUT2D eigenvalue weighted by molar-refractivity contribution is 0.436. The molecular weight excluding hydrogens is 733 g/mol. The molecule has 0 radical (unpaired) electrons. The summed E-state index contributed by atoms with van der Waals surface area (Å²) in [5, 5.41) is 4.76. The average Bonchev–Trinajstić information content (AvgIpc) is 3.62. The second-order valence-corrected chi connectivity index (χ2v) is 15.6. The van der Waals surface area contributed by atoms with Gasteiger partial charge in [0.2, 0.25) is 0 Å². The van der Waals surface area contributed by atoms with E-state index < -0.39 is 5.41 Å². The highest BCUT2D eigenvalue weighted by Gasteiger charge is 2.51. The summed E-state index contributed by atoms with van der Waals surface area (Å²) in [6.45, 7) is 0. The summed E-state index contributed by atoms with van der Waals surface area (Å²) in [5.41, 5.74) is 15.0. The Hall–Kier alpha value is -7.89. The molecule has 1 spiro atoms. The first-order valence-electron chi connectivity index (χ1n) is 20.4. The van der Waals surface area contributed by atoms with E-state index in [2.05, 4.69) is 180 Å². The first kappa shape index (κ1) is 34.2. The Labute approximate surface area is 348 Å². The van der Waals surface area contributed by atoms with Crippen molar-refractivity contribution in [3.63, 3.8) is 0 Å². The highest BCUT2D eigenvalue weighted by Crippen LogP contribution is 2.62. The second kappa shape index (κ2) is 13.6. The van der Waals surface area contributed by atoms with E-state index in [1.807, 2.05) is 36.5 Å². The molecule has 8 aromatic carbocycles. The van der Waals surface area contributed by atoms with Crippen molar-refractivity contribution in [2.24, 2.45) is 9.98 Å². The summed E-state index contributed by atoms with van der Waals surface area (Å²) in [7, 11) is 0. The van der Waals surface area contributed by atoms with E-state index in [4.69, 9.17) is 14.7 Å². The highest BCUT2D eigenvalue weighted by molar-refractivity contribution is 6.13. The fourth-order valence-corrected chi connectivity index (χ4v) is 9.54. The molecule has 1 unspecified atom stereocenters. The Morgan fingerprint density at radius 2 is 1.03 bits per heavy atom. The van der Waals surface area contributed by atoms with E-state index in [1.165, 1.54) is 27.8 Å². The summed E-state index contributed by atoms with van der Waals surface area (Å²) in [6, 6.07) is 70.8. The summed E-state index contributed by atoms with van der Waals surface area (Å²) in [5.74, 6) is 3.12. The molecule has 3 aliphatic rings. The predicted molar refractivity (Wildman–Crippen MR) is 242 cm³/mol. The average molecular weight is 769 g/mol. The molecule has 282 valence electrons. The molecule has 60 heavy (non-hydrogen) atoms. The third-order valence-electron chi connectivity index (χ3n) is 12.3. The Morgan fingerprint density at radius 3 is 1.77 bits per heavy atom. The van der Waals surface area contributed by atoms with Gasteiger partial charge in [-0.25, -0.2) is 9.98 Å². The molecular formula is C55H36N4O. The largest absolute Gasteiger partial charge is 0.457 e. The van der Waals surface area contributed by atoms with Gasteiger partial charge in [-0.05, 0) is 92.5 Å².